The fraction of sp³-hybridized carbons (Fsp3) is 0.889. The Balaban J connectivity index is 2.02. The predicted octanol–water partition coefficient (Wildman–Crippen LogP) is 1.08. The molecule has 0 aromatic heterocycles. The summed E-state index contributed by atoms with van der Waals surface area (Å²) in [5.41, 5.74) is 0. The van der Waals surface area contributed by atoms with E-state index in [0.29, 0.717) is 6.61 Å². The van der Waals surface area contributed by atoms with Gasteiger partial charge in [0.1, 0.15) is 6.04 Å². The lowest BCUT2D eigenvalue weighted by molar-refractivity contribution is -0.139. The highest BCUT2D eigenvalue weighted by Gasteiger charge is 2.24. The first-order valence-electron chi connectivity index (χ1n) is 4.74. The van der Waals surface area contributed by atoms with Crippen molar-refractivity contribution in [2.75, 3.05) is 13.2 Å². The third kappa shape index (κ3) is 2.81. The molecule has 1 fully saturated rings. The van der Waals surface area contributed by atoms with E-state index in [1.165, 1.54) is 12.8 Å². The van der Waals surface area contributed by atoms with Gasteiger partial charge in [-0.2, -0.15) is 0 Å². The normalized spacial score (nSPS) is 22.8. The molecule has 0 saturated carbocycles. The number of carbonyl (C=O) groups is 1. The lowest BCUT2D eigenvalue weighted by atomic mass is 10.2. The van der Waals surface area contributed by atoms with Crippen molar-refractivity contribution < 1.29 is 9.53 Å². The molecule has 3 heteroatoms. The van der Waals surface area contributed by atoms with Gasteiger partial charge < -0.3 is 10.1 Å². The highest BCUT2D eigenvalue weighted by molar-refractivity contribution is 5.77. The zero-order chi connectivity index (χ0) is 8.81. The van der Waals surface area contributed by atoms with Gasteiger partial charge in [0.25, 0.3) is 0 Å². The van der Waals surface area contributed by atoms with Crippen LogP contribution in [0.5, 0.6) is 0 Å². The average molecular weight is 171 g/mol. The summed E-state index contributed by atoms with van der Waals surface area (Å²) in [6, 6.07) is -0.0261. The van der Waals surface area contributed by atoms with E-state index in [1.54, 1.807) is 0 Å². The predicted molar refractivity (Wildman–Crippen MR) is 46.9 cm³/mol. The van der Waals surface area contributed by atoms with E-state index >= 15 is 0 Å². The molecular formula is C9H17NO2. The molecule has 0 spiro atoms. The zero-order valence-corrected chi connectivity index (χ0v) is 7.64. The molecular weight excluding hydrogens is 154 g/mol. The quantitative estimate of drug-likeness (QED) is 0.497. The molecule has 1 unspecified atom stereocenters. The van der Waals surface area contributed by atoms with Crippen LogP contribution >= 0.6 is 0 Å². The average Bonchev–Trinajstić information content (AvgIpc) is 2.46. The number of nitrogens with one attached hydrogen (secondary N) is 1. The molecule has 1 saturated heterocycles. The van der Waals surface area contributed by atoms with Crippen molar-refractivity contribution in [1.29, 1.82) is 0 Å². The molecule has 0 aromatic rings. The smallest absolute Gasteiger partial charge is 0.323 e. The first kappa shape index (κ1) is 9.52. The molecule has 70 valence electrons. The van der Waals surface area contributed by atoms with Crippen molar-refractivity contribution in [2.45, 2.75) is 38.6 Å². The Morgan fingerprint density at radius 1 is 1.58 bits per heavy atom. The lowest BCUT2D eigenvalue weighted by Crippen LogP contribution is -2.33. The SMILES string of the molecule is CCCCCNC1CCOC1=O. The van der Waals surface area contributed by atoms with Gasteiger partial charge in [0.2, 0.25) is 0 Å². The Kier molecular flexibility index (Phi) is 4.08. The molecule has 0 amide bonds. The summed E-state index contributed by atoms with van der Waals surface area (Å²) >= 11 is 0. The summed E-state index contributed by atoms with van der Waals surface area (Å²) in [5, 5.41) is 3.19. The number of hydrogen-bond acceptors (Lipinski definition) is 3. The molecule has 1 N–H and O–H groups in total. The molecule has 1 aliphatic rings. The Morgan fingerprint density at radius 2 is 2.42 bits per heavy atom. The highest BCUT2D eigenvalue weighted by Crippen LogP contribution is 2.05. The minimum absolute atomic E-state index is 0.0261. The van der Waals surface area contributed by atoms with Crippen LogP contribution in [0, 0.1) is 0 Å². The summed E-state index contributed by atoms with van der Waals surface area (Å²) in [6.45, 7) is 3.70. The number of cyclic esters (lactones) is 1. The Labute approximate surface area is 73.5 Å². The number of unbranched alkanes of at least 4 members (excludes halogenated alkanes) is 2. The van der Waals surface area contributed by atoms with Gasteiger partial charge >= 0.3 is 5.97 Å². The first-order chi connectivity index (χ1) is 5.84. The second-order valence-electron chi connectivity index (χ2n) is 3.17. The highest BCUT2D eigenvalue weighted by atomic mass is 16.5. The largest absolute Gasteiger partial charge is 0.464 e. The van der Waals surface area contributed by atoms with Crippen LogP contribution in [-0.2, 0) is 9.53 Å². The molecule has 0 bridgehead atoms. The van der Waals surface area contributed by atoms with Crippen molar-refractivity contribution >= 4 is 5.97 Å². The van der Waals surface area contributed by atoms with Gasteiger partial charge in [-0.3, -0.25) is 4.79 Å². The summed E-state index contributed by atoms with van der Waals surface area (Å²) < 4.78 is 4.82. The third-order valence-corrected chi connectivity index (χ3v) is 2.11. The molecule has 1 atom stereocenters. The molecule has 1 aliphatic heterocycles. The Hall–Kier alpha value is -0.570. The van der Waals surface area contributed by atoms with Gasteiger partial charge in [0, 0.05) is 6.42 Å². The minimum Gasteiger partial charge on any atom is -0.464 e. The first-order valence-corrected chi connectivity index (χ1v) is 4.74. The molecule has 1 rings (SSSR count). The maximum atomic E-state index is 11.0. The van der Waals surface area contributed by atoms with Crippen molar-refractivity contribution in [3.63, 3.8) is 0 Å². The molecule has 3 nitrogen and oxygen atoms in total. The summed E-state index contributed by atoms with van der Waals surface area (Å²) in [7, 11) is 0. The van der Waals surface area contributed by atoms with E-state index in [0.717, 1.165) is 19.4 Å². The zero-order valence-electron chi connectivity index (χ0n) is 7.64. The van der Waals surface area contributed by atoms with Crippen LogP contribution in [0.4, 0.5) is 0 Å². The molecule has 12 heavy (non-hydrogen) atoms. The van der Waals surface area contributed by atoms with E-state index in [-0.39, 0.29) is 12.0 Å². The monoisotopic (exact) mass is 171 g/mol. The number of ether oxygens (including phenoxy) is 1. The lowest BCUT2D eigenvalue weighted by Gasteiger charge is -2.07. The van der Waals surface area contributed by atoms with Crippen LogP contribution < -0.4 is 5.32 Å². The Morgan fingerprint density at radius 3 is 3.00 bits per heavy atom. The van der Waals surface area contributed by atoms with E-state index < -0.39 is 0 Å². The van der Waals surface area contributed by atoms with Gasteiger partial charge in [-0.15, -0.1) is 0 Å². The van der Waals surface area contributed by atoms with Crippen molar-refractivity contribution in [3.8, 4) is 0 Å². The Bertz CT molecular complexity index is 147. The number of carbonyl (C=O) groups excluding carboxylic acids is 1. The van der Waals surface area contributed by atoms with E-state index in [2.05, 4.69) is 12.2 Å². The summed E-state index contributed by atoms with van der Waals surface area (Å²) in [6.07, 6.45) is 4.44. The topological polar surface area (TPSA) is 38.3 Å². The van der Waals surface area contributed by atoms with Crippen molar-refractivity contribution in [2.24, 2.45) is 0 Å². The fourth-order valence-corrected chi connectivity index (χ4v) is 1.33. The van der Waals surface area contributed by atoms with Crippen LogP contribution in [0.3, 0.4) is 0 Å². The van der Waals surface area contributed by atoms with Crippen molar-refractivity contribution in [3.05, 3.63) is 0 Å². The maximum Gasteiger partial charge on any atom is 0.323 e. The third-order valence-electron chi connectivity index (χ3n) is 2.11. The number of hydrogen-bond donors (Lipinski definition) is 1. The van der Waals surface area contributed by atoms with Crippen LogP contribution in [0.2, 0.25) is 0 Å². The second kappa shape index (κ2) is 5.14. The maximum absolute atomic E-state index is 11.0. The molecule has 0 radical (unpaired) electrons. The van der Waals surface area contributed by atoms with Crippen LogP contribution in [-0.4, -0.2) is 25.2 Å². The van der Waals surface area contributed by atoms with Gasteiger partial charge in [0.05, 0.1) is 6.61 Å². The summed E-state index contributed by atoms with van der Waals surface area (Å²) in [4.78, 5) is 11.0. The molecule has 1 heterocycles. The van der Waals surface area contributed by atoms with Crippen LogP contribution in [0.25, 0.3) is 0 Å². The molecule has 0 aromatic carbocycles. The van der Waals surface area contributed by atoms with E-state index in [9.17, 15) is 4.79 Å². The van der Waals surface area contributed by atoms with Crippen molar-refractivity contribution in [1.82, 2.24) is 5.32 Å². The van der Waals surface area contributed by atoms with Crippen LogP contribution in [0.1, 0.15) is 32.6 Å². The van der Waals surface area contributed by atoms with Crippen LogP contribution in [0.15, 0.2) is 0 Å². The number of rotatable bonds is 5. The van der Waals surface area contributed by atoms with E-state index in [4.69, 9.17) is 4.74 Å². The van der Waals surface area contributed by atoms with Gasteiger partial charge in [0.15, 0.2) is 0 Å². The second-order valence-corrected chi connectivity index (χ2v) is 3.17. The van der Waals surface area contributed by atoms with Gasteiger partial charge in [-0.1, -0.05) is 19.8 Å². The fourth-order valence-electron chi connectivity index (χ4n) is 1.33. The summed E-state index contributed by atoms with van der Waals surface area (Å²) in [5.74, 6) is -0.0773. The van der Waals surface area contributed by atoms with Gasteiger partial charge in [-0.05, 0) is 13.0 Å². The van der Waals surface area contributed by atoms with E-state index in [1.807, 2.05) is 0 Å². The minimum atomic E-state index is -0.0773. The van der Waals surface area contributed by atoms with Gasteiger partial charge in [-0.25, -0.2) is 0 Å². The molecule has 0 aliphatic carbocycles. The standard InChI is InChI=1S/C9H17NO2/c1-2-3-4-6-10-8-5-7-12-9(8)11/h8,10H,2-7H2,1H3. The number of esters is 1.